The molecule has 0 spiro atoms. The number of nitrogens with zero attached hydrogens (tertiary/aromatic N) is 3. The fraction of sp³-hybridized carbons (Fsp3) is 0.333. The molecular weight excluding hydrogens is 603 g/mol. The van der Waals surface area contributed by atoms with Crippen LogP contribution < -0.4 is 0 Å². The summed E-state index contributed by atoms with van der Waals surface area (Å²) < 4.78 is 23.7. The van der Waals surface area contributed by atoms with E-state index in [9.17, 15) is 4.57 Å². The molecule has 8 heteroatoms. The third kappa shape index (κ3) is 7.70. The largest absolute Gasteiger partial charge is 0.698 e. The Morgan fingerprint density at radius 3 is 2.13 bits per heavy atom. The van der Waals surface area contributed by atoms with E-state index in [0.717, 1.165) is 22.7 Å². The zero-order valence-corrected chi connectivity index (χ0v) is 28.7. The molecule has 3 aromatic heterocycles. The fourth-order valence-electron chi connectivity index (χ4n) is 6.63. The standard InChI is InChI=1S/C25H30N4.C14H14O3P/c1-15(2)23-20-12-19(18-8-6-5-7-9-18)10-11-22(20)28-24(23)21-13-29-25(26-14-27-29)17(4)16(21)3;15-18(16-11-13-7-3-1-4-8-13)17-12-14-9-5-2-6-10-14/h10-15,18,28H,5-9H2,1-4H3;1-10H,11-12H2/q;+1. The number of nitrogens with one attached hydrogen (secondary N) is 1. The van der Waals surface area contributed by atoms with Crippen molar-refractivity contribution in [2.24, 2.45) is 0 Å². The van der Waals surface area contributed by atoms with Crippen molar-refractivity contribution in [1.29, 1.82) is 0 Å². The number of aromatic nitrogens is 4. The van der Waals surface area contributed by atoms with Crippen molar-refractivity contribution in [2.45, 2.75) is 84.8 Å². The topological polar surface area (TPSA) is 81.5 Å². The summed E-state index contributed by atoms with van der Waals surface area (Å²) in [5, 5.41) is 5.79. The molecule has 0 amide bonds. The minimum absolute atomic E-state index is 0.296. The van der Waals surface area contributed by atoms with Crippen LogP contribution in [-0.2, 0) is 26.8 Å². The van der Waals surface area contributed by atoms with Gasteiger partial charge < -0.3 is 4.98 Å². The van der Waals surface area contributed by atoms with E-state index in [2.05, 4.69) is 67.2 Å². The van der Waals surface area contributed by atoms with Gasteiger partial charge in [0.15, 0.2) is 5.65 Å². The molecular formula is C39H44N4O3P+. The van der Waals surface area contributed by atoms with Gasteiger partial charge in [-0.15, -0.1) is 9.05 Å². The molecule has 1 aliphatic rings. The number of aromatic amines is 1. The first-order valence-corrected chi connectivity index (χ1v) is 17.7. The number of benzene rings is 3. The lowest BCUT2D eigenvalue weighted by Gasteiger charge is -2.22. The highest BCUT2D eigenvalue weighted by Crippen LogP contribution is 2.40. The Bertz CT molecular complexity index is 1900. The molecule has 47 heavy (non-hydrogen) atoms. The molecule has 6 aromatic rings. The monoisotopic (exact) mass is 647 g/mol. The second-order valence-corrected chi connectivity index (χ2v) is 13.7. The lowest BCUT2D eigenvalue weighted by atomic mass is 9.83. The van der Waals surface area contributed by atoms with Crippen LogP contribution in [0, 0.1) is 13.8 Å². The molecule has 1 fully saturated rings. The number of hydrogen-bond acceptors (Lipinski definition) is 5. The first-order valence-electron chi connectivity index (χ1n) is 16.7. The van der Waals surface area contributed by atoms with Crippen LogP contribution in [0.1, 0.15) is 91.2 Å². The summed E-state index contributed by atoms with van der Waals surface area (Å²) in [4.78, 5) is 8.17. The van der Waals surface area contributed by atoms with Crippen LogP contribution in [-0.4, -0.2) is 19.6 Å². The SMILES string of the molecule is Cc1c(-c2[nH]c3ccc(C4CCCCC4)cc3c2C(C)C)cn2ncnc2c1C.O=[P+](OCc1ccccc1)OCc1ccccc1. The van der Waals surface area contributed by atoms with Gasteiger partial charge in [0.05, 0.1) is 5.69 Å². The van der Waals surface area contributed by atoms with E-state index < -0.39 is 8.25 Å². The van der Waals surface area contributed by atoms with Crippen molar-refractivity contribution in [3.05, 3.63) is 125 Å². The molecule has 1 N–H and O–H groups in total. The maximum Gasteiger partial charge on any atom is 0.698 e. The summed E-state index contributed by atoms with van der Waals surface area (Å²) in [5.41, 5.74) is 12.0. The van der Waals surface area contributed by atoms with E-state index in [1.165, 1.54) is 76.5 Å². The van der Waals surface area contributed by atoms with Crippen LogP contribution in [0.25, 0.3) is 27.8 Å². The highest BCUT2D eigenvalue weighted by atomic mass is 31.1. The molecule has 0 atom stereocenters. The highest BCUT2D eigenvalue weighted by Gasteiger charge is 2.23. The minimum Gasteiger partial charge on any atom is -0.354 e. The van der Waals surface area contributed by atoms with E-state index in [4.69, 9.17) is 9.05 Å². The number of rotatable bonds is 9. The van der Waals surface area contributed by atoms with Gasteiger partial charge in [0.1, 0.15) is 19.5 Å². The summed E-state index contributed by atoms with van der Waals surface area (Å²) in [6.07, 6.45) is 10.6. The minimum atomic E-state index is -2.08. The number of fused-ring (bicyclic) bond motifs is 2. The molecule has 3 heterocycles. The van der Waals surface area contributed by atoms with Crippen molar-refractivity contribution in [3.8, 4) is 11.3 Å². The molecule has 7 rings (SSSR count). The number of pyridine rings is 1. The maximum atomic E-state index is 11.5. The van der Waals surface area contributed by atoms with Crippen LogP contribution in [0.15, 0.2) is 91.4 Å². The Labute approximate surface area is 278 Å². The van der Waals surface area contributed by atoms with E-state index in [-0.39, 0.29) is 0 Å². The molecule has 0 saturated heterocycles. The first-order chi connectivity index (χ1) is 22.9. The Balaban J connectivity index is 0.000000185. The normalized spacial score (nSPS) is 13.6. The van der Waals surface area contributed by atoms with Gasteiger partial charge in [0.25, 0.3) is 0 Å². The molecule has 0 bridgehead atoms. The number of aryl methyl sites for hydroxylation is 1. The average Bonchev–Trinajstić information content (AvgIpc) is 3.74. The smallest absolute Gasteiger partial charge is 0.354 e. The third-order valence-corrected chi connectivity index (χ3v) is 9.95. The van der Waals surface area contributed by atoms with Crippen molar-refractivity contribution in [1.82, 2.24) is 19.6 Å². The highest BCUT2D eigenvalue weighted by molar-refractivity contribution is 7.33. The number of hydrogen-bond donors (Lipinski definition) is 1. The van der Waals surface area contributed by atoms with Gasteiger partial charge in [0.2, 0.25) is 0 Å². The summed E-state index contributed by atoms with van der Waals surface area (Å²) in [6.45, 7) is 9.53. The third-order valence-electron chi connectivity index (χ3n) is 9.27. The van der Waals surface area contributed by atoms with Crippen LogP contribution in [0.2, 0.25) is 0 Å². The zero-order chi connectivity index (χ0) is 32.8. The Morgan fingerprint density at radius 1 is 0.872 bits per heavy atom. The molecule has 1 aliphatic carbocycles. The van der Waals surface area contributed by atoms with Gasteiger partial charge in [-0.1, -0.05) is 99.8 Å². The Kier molecular flexibility index (Phi) is 10.6. The van der Waals surface area contributed by atoms with Gasteiger partial charge in [-0.2, -0.15) is 5.10 Å². The lowest BCUT2D eigenvalue weighted by molar-refractivity contribution is 0.213. The van der Waals surface area contributed by atoms with E-state index >= 15 is 0 Å². The van der Waals surface area contributed by atoms with E-state index in [1.807, 2.05) is 65.2 Å². The van der Waals surface area contributed by atoms with E-state index in [1.54, 1.807) is 6.33 Å². The van der Waals surface area contributed by atoms with Crippen LogP contribution >= 0.6 is 8.25 Å². The number of H-pyrrole nitrogens is 1. The molecule has 0 radical (unpaired) electrons. The van der Waals surface area contributed by atoms with Crippen molar-refractivity contribution >= 4 is 24.8 Å². The van der Waals surface area contributed by atoms with Crippen molar-refractivity contribution < 1.29 is 13.6 Å². The summed E-state index contributed by atoms with van der Waals surface area (Å²) in [6, 6.07) is 26.3. The van der Waals surface area contributed by atoms with Crippen LogP contribution in [0.4, 0.5) is 0 Å². The maximum absolute atomic E-state index is 11.5. The van der Waals surface area contributed by atoms with Gasteiger partial charge in [0, 0.05) is 27.2 Å². The fourth-order valence-corrected chi connectivity index (χ4v) is 7.21. The molecule has 3 aromatic carbocycles. The molecule has 1 saturated carbocycles. The van der Waals surface area contributed by atoms with Crippen molar-refractivity contribution in [3.63, 3.8) is 0 Å². The lowest BCUT2D eigenvalue weighted by Crippen LogP contribution is -2.04. The van der Waals surface area contributed by atoms with E-state index in [0.29, 0.717) is 19.1 Å². The molecule has 0 unspecified atom stereocenters. The summed E-state index contributed by atoms with van der Waals surface area (Å²) in [5.74, 6) is 1.16. The first kappa shape index (κ1) is 32.8. The predicted molar refractivity (Wildman–Crippen MR) is 190 cm³/mol. The summed E-state index contributed by atoms with van der Waals surface area (Å²) in [7, 11) is -2.08. The second kappa shape index (κ2) is 15.2. The molecule has 7 nitrogen and oxygen atoms in total. The molecule has 0 aliphatic heterocycles. The second-order valence-electron chi connectivity index (χ2n) is 12.8. The average molecular weight is 648 g/mol. The Morgan fingerprint density at radius 2 is 1.51 bits per heavy atom. The zero-order valence-electron chi connectivity index (χ0n) is 27.8. The Hall–Kier alpha value is -4.16. The summed E-state index contributed by atoms with van der Waals surface area (Å²) >= 11 is 0. The van der Waals surface area contributed by atoms with Gasteiger partial charge in [-0.3, -0.25) is 0 Å². The quantitative estimate of drug-likeness (QED) is 0.158. The van der Waals surface area contributed by atoms with Crippen molar-refractivity contribution in [2.75, 3.05) is 0 Å². The van der Waals surface area contributed by atoms with Gasteiger partial charge in [-0.25, -0.2) is 9.50 Å². The van der Waals surface area contributed by atoms with Gasteiger partial charge in [-0.05, 0) is 84.0 Å². The molecule has 242 valence electrons. The van der Waals surface area contributed by atoms with Gasteiger partial charge >= 0.3 is 8.25 Å². The van der Waals surface area contributed by atoms with Crippen LogP contribution in [0.3, 0.4) is 0 Å². The van der Waals surface area contributed by atoms with Crippen LogP contribution in [0.5, 0.6) is 0 Å². The predicted octanol–water partition coefficient (Wildman–Crippen LogP) is 10.7.